The van der Waals surface area contributed by atoms with E-state index in [2.05, 4.69) is 5.10 Å². The highest BCUT2D eigenvalue weighted by atomic mass is 35.5. The lowest BCUT2D eigenvalue weighted by atomic mass is 10.2. The molecule has 0 aromatic carbocycles. The number of fused-ring (bicyclic) bond motifs is 1. The van der Waals surface area contributed by atoms with Crippen LogP contribution in [0.15, 0.2) is 18.3 Å². The first-order chi connectivity index (χ1) is 9.47. The average Bonchev–Trinajstić information content (AvgIpc) is 2.69. The van der Waals surface area contributed by atoms with E-state index >= 15 is 0 Å². The minimum absolute atomic E-state index is 0.0447. The van der Waals surface area contributed by atoms with Crippen molar-refractivity contribution in [1.29, 1.82) is 0 Å². The molecule has 0 saturated heterocycles. The number of aromatic nitrogens is 2. The predicted molar refractivity (Wildman–Crippen MR) is 67.5 cm³/mol. The molecule has 0 fully saturated rings. The third-order valence-electron chi connectivity index (χ3n) is 2.36. The molecule has 2 aromatic rings. The fourth-order valence-corrected chi connectivity index (χ4v) is 2.24. The standard InChI is InChI=1S/C10H7ClF3N3O3S/c1-21(19,20)16-9(18)7-3-8-6(11)2-5(10(12,13)14)4-17(8)15-7/h2-4H,1H3,(H,16,18). The van der Waals surface area contributed by atoms with E-state index < -0.39 is 27.7 Å². The van der Waals surface area contributed by atoms with Crippen molar-refractivity contribution in [3.63, 3.8) is 0 Å². The lowest BCUT2D eigenvalue weighted by Gasteiger charge is -2.07. The number of carbonyl (C=O) groups excluding carboxylic acids is 1. The summed E-state index contributed by atoms with van der Waals surface area (Å²) in [5.74, 6) is -1.06. The summed E-state index contributed by atoms with van der Waals surface area (Å²) >= 11 is 5.71. The zero-order valence-corrected chi connectivity index (χ0v) is 11.8. The van der Waals surface area contributed by atoms with Crippen molar-refractivity contribution in [3.8, 4) is 0 Å². The van der Waals surface area contributed by atoms with Crippen LogP contribution in [0.1, 0.15) is 16.1 Å². The summed E-state index contributed by atoms with van der Waals surface area (Å²) in [6, 6.07) is 1.78. The fraction of sp³-hybridized carbons (Fsp3) is 0.200. The van der Waals surface area contributed by atoms with Crippen LogP contribution in [0.25, 0.3) is 5.52 Å². The number of hydrogen-bond acceptors (Lipinski definition) is 4. The number of alkyl halides is 3. The highest BCUT2D eigenvalue weighted by Gasteiger charge is 2.32. The average molecular weight is 342 g/mol. The Balaban J connectivity index is 2.52. The van der Waals surface area contributed by atoms with E-state index in [-0.39, 0.29) is 16.2 Å². The lowest BCUT2D eigenvalue weighted by molar-refractivity contribution is -0.137. The van der Waals surface area contributed by atoms with Gasteiger partial charge in [0.1, 0.15) is 0 Å². The Bertz CT molecular complexity index is 829. The number of nitrogens with zero attached hydrogens (tertiary/aromatic N) is 2. The molecule has 0 radical (unpaired) electrons. The minimum atomic E-state index is -4.63. The van der Waals surface area contributed by atoms with E-state index in [4.69, 9.17) is 11.6 Å². The molecule has 11 heteroatoms. The van der Waals surface area contributed by atoms with Crippen molar-refractivity contribution in [2.75, 3.05) is 6.26 Å². The van der Waals surface area contributed by atoms with Crippen LogP contribution in [0, 0.1) is 0 Å². The van der Waals surface area contributed by atoms with E-state index in [0.717, 1.165) is 16.8 Å². The lowest BCUT2D eigenvalue weighted by Crippen LogP contribution is -2.29. The first-order valence-corrected chi connectivity index (χ1v) is 7.52. The summed E-state index contributed by atoms with van der Waals surface area (Å²) in [7, 11) is -3.81. The zero-order valence-electron chi connectivity index (χ0n) is 10.3. The van der Waals surface area contributed by atoms with Gasteiger partial charge in [0, 0.05) is 6.20 Å². The van der Waals surface area contributed by atoms with E-state index in [9.17, 15) is 26.4 Å². The Morgan fingerprint density at radius 2 is 2.00 bits per heavy atom. The number of amides is 1. The van der Waals surface area contributed by atoms with E-state index in [1.54, 1.807) is 4.72 Å². The van der Waals surface area contributed by atoms with Crippen molar-refractivity contribution >= 4 is 33.0 Å². The predicted octanol–water partition coefficient (Wildman–Crippen LogP) is 1.70. The molecule has 2 aromatic heterocycles. The van der Waals surface area contributed by atoms with Crippen LogP contribution >= 0.6 is 11.6 Å². The van der Waals surface area contributed by atoms with Crippen molar-refractivity contribution in [3.05, 3.63) is 34.6 Å². The Hall–Kier alpha value is -1.81. The summed E-state index contributed by atoms with van der Waals surface area (Å²) in [5, 5.41) is 3.32. The van der Waals surface area contributed by atoms with Gasteiger partial charge in [0.2, 0.25) is 10.0 Å². The molecule has 0 bridgehead atoms. The van der Waals surface area contributed by atoms with Crippen LogP contribution in [0.4, 0.5) is 13.2 Å². The minimum Gasteiger partial charge on any atom is -0.266 e. The maximum absolute atomic E-state index is 12.6. The number of carbonyl (C=O) groups is 1. The van der Waals surface area contributed by atoms with Gasteiger partial charge in [-0.3, -0.25) is 4.79 Å². The Labute approximate surface area is 121 Å². The maximum atomic E-state index is 12.6. The van der Waals surface area contributed by atoms with Gasteiger partial charge in [-0.05, 0) is 12.1 Å². The second-order valence-electron chi connectivity index (χ2n) is 4.14. The molecule has 21 heavy (non-hydrogen) atoms. The topological polar surface area (TPSA) is 80.5 Å². The van der Waals surface area contributed by atoms with Gasteiger partial charge in [0.05, 0.1) is 22.4 Å². The number of halogens is 4. The van der Waals surface area contributed by atoms with E-state index in [1.165, 1.54) is 0 Å². The quantitative estimate of drug-likeness (QED) is 0.901. The van der Waals surface area contributed by atoms with Gasteiger partial charge in [0.25, 0.3) is 5.91 Å². The largest absolute Gasteiger partial charge is 0.417 e. The summed E-state index contributed by atoms with van der Waals surface area (Å²) in [6.07, 6.45) is -3.22. The maximum Gasteiger partial charge on any atom is 0.417 e. The second kappa shape index (κ2) is 4.88. The number of pyridine rings is 1. The van der Waals surface area contributed by atoms with Crippen LogP contribution in [-0.4, -0.2) is 30.2 Å². The number of hydrogen-bond donors (Lipinski definition) is 1. The molecule has 0 saturated carbocycles. The van der Waals surface area contributed by atoms with Crippen LogP contribution in [-0.2, 0) is 16.2 Å². The molecule has 0 atom stereocenters. The monoisotopic (exact) mass is 341 g/mol. The van der Waals surface area contributed by atoms with Gasteiger partial charge in [-0.1, -0.05) is 11.6 Å². The Morgan fingerprint density at radius 3 is 2.52 bits per heavy atom. The third kappa shape index (κ3) is 3.45. The fourth-order valence-electron chi connectivity index (χ4n) is 1.54. The van der Waals surface area contributed by atoms with Gasteiger partial charge in [0.15, 0.2) is 5.69 Å². The highest BCUT2D eigenvalue weighted by molar-refractivity contribution is 7.89. The molecular weight excluding hydrogens is 335 g/mol. The molecule has 1 amide bonds. The first-order valence-electron chi connectivity index (χ1n) is 5.25. The van der Waals surface area contributed by atoms with Crippen molar-refractivity contribution in [2.24, 2.45) is 0 Å². The smallest absolute Gasteiger partial charge is 0.266 e. The van der Waals surface area contributed by atoms with E-state index in [0.29, 0.717) is 12.3 Å². The van der Waals surface area contributed by atoms with Crippen molar-refractivity contribution in [1.82, 2.24) is 14.3 Å². The van der Waals surface area contributed by atoms with E-state index in [1.807, 2.05) is 0 Å². The number of sulfonamides is 1. The normalized spacial score (nSPS) is 12.6. The Morgan fingerprint density at radius 1 is 1.38 bits per heavy atom. The molecule has 2 heterocycles. The molecule has 0 unspecified atom stereocenters. The van der Waals surface area contributed by atoms with Crippen LogP contribution in [0.3, 0.4) is 0 Å². The molecule has 0 aliphatic heterocycles. The summed E-state index contributed by atoms with van der Waals surface area (Å²) in [4.78, 5) is 11.6. The second-order valence-corrected chi connectivity index (χ2v) is 6.29. The third-order valence-corrected chi connectivity index (χ3v) is 3.22. The number of rotatable bonds is 2. The molecule has 0 spiro atoms. The van der Waals surface area contributed by atoms with Crippen LogP contribution < -0.4 is 4.72 Å². The van der Waals surface area contributed by atoms with Gasteiger partial charge in [-0.25, -0.2) is 17.7 Å². The summed E-state index contributed by atoms with van der Waals surface area (Å²) < 4.78 is 62.2. The van der Waals surface area contributed by atoms with Crippen LogP contribution in [0.5, 0.6) is 0 Å². The Kier molecular flexibility index (Phi) is 3.62. The molecule has 0 aliphatic carbocycles. The molecule has 1 N–H and O–H groups in total. The van der Waals surface area contributed by atoms with Gasteiger partial charge in [-0.15, -0.1) is 0 Å². The van der Waals surface area contributed by atoms with Gasteiger partial charge >= 0.3 is 6.18 Å². The van der Waals surface area contributed by atoms with Crippen LogP contribution in [0.2, 0.25) is 5.02 Å². The number of nitrogens with one attached hydrogen (secondary N) is 1. The summed E-state index contributed by atoms with van der Waals surface area (Å²) in [5.41, 5.74) is -1.37. The summed E-state index contributed by atoms with van der Waals surface area (Å²) in [6.45, 7) is 0. The SMILES string of the molecule is CS(=O)(=O)NC(=O)c1cc2c(Cl)cc(C(F)(F)F)cn2n1. The zero-order chi connectivity index (χ0) is 16.0. The van der Waals surface area contributed by atoms with Gasteiger partial charge in [-0.2, -0.15) is 18.3 Å². The highest BCUT2D eigenvalue weighted by Crippen LogP contribution is 2.32. The van der Waals surface area contributed by atoms with Crippen molar-refractivity contribution in [2.45, 2.75) is 6.18 Å². The molecule has 114 valence electrons. The molecular formula is C10H7ClF3N3O3S. The molecule has 2 rings (SSSR count). The molecule has 6 nitrogen and oxygen atoms in total. The first kappa shape index (κ1) is 15.6. The van der Waals surface area contributed by atoms with Crippen molar-refractivity contribution < 1.29 is 26.4 Å². The van der Waals surface area contributed by atoms with Gasteiger partial charge < -0.3 is 0 Å². The molecule has 0 aliphatic rings.